The summed E-state index contributed by atoms with van der Waals surface area (Å²) >= 11 is 3.31. The standard InChI is InChI=1S/C23H17BrN4O5/c1-14-6-8-15(9-7-14)13-33-21-18(24)10-16(11-20(21)28(31)32)12-25-27-22(29)17-4-2-3-5-19(17)26-23(27)30/h2-12H,13H2,1H3,(H,26,30). The zero-order valence-electron chi connectivity index (χ0n) is 17.3. The van der Waals surface area contributed by atoms with Crippen molar-refractivity contribution in [3.63, 3.8) is 0 Å². The highest BCUT2D eigenvalue weighted by Crippen LogP contribution is 2.36. The number of benzene rings is 3. The third kappa shape index (κ3) is 4.75. The molecule has 0 spiro atoms. The number of hydrogen-bond donors (Lipinski definition) is 1. The van der Waals surface area contributed by atoms with E-state index in [-0.39, 0.29) is 18.0 Å². The lowest BCUT2D eigenvalue weighted by molar-refractivity contribution is -0.386. The van der Waals surface area contributed by atoms with Gasteiger partial charge >= 0.3 is 11.4 Å². The van der Waals surface area contributed by atoms with Crippen LogP contribution in [0, 0.1) is 17.0 Å². The van der Waals surface area contributed by atoms with Crippen molar-refractivity contribution in [1.82, 2.24) is 9.66 Å². The lowest BCUT2D eigenvalue weighted by Gasteiger charge is -2.10. The van der Waals surface area contributed by atoms with Crippen LogP contribution in [0.2, 0.25) is 0 Å². The Bertz CT molecular complexity index is 1510. The van der Waals surface area contributed by atoms with Gasteiger partial charge in [-0.25, -0.2) is 4.79 Å². The van der Waals surface area contributed by atoms with Crippen LogP contribution in [0.25, 0.3) is 10.9 Å². The number of hydrogen-bond acceptors (Lipinski definition) is 6. The van der Waals surface area contributed by atoms with Crippen LogP contribution in [-0.2, 0) is 6.61 Å². The Morgan fingerprint density at radius 3 is 2.61 bits per heavy atom. The Hall–Kier alpha value is -4.05. The van der Waals surface area contributed by atoms with E-state index in [0.29, 0.717) is 25.6 Å². The molecule has 0 saturated heterocycles. The Labute approximate surface area is 195 Å². The number of aromatic amines is 1. The quantitative estimate of drug-likeness (QED) is 0.238. The van der Waals surface area contributed by atoms with Gasteiger partial charge in [0.25, 0.3) is 5.56 Å². The molecule has 4 aromatic rings. The van der Waals surface area contributed by atoms with Crippen molar-refractivity contribution in [2.75, 3.05) is 0 Å². The first-order valence-corrected chi connectivity index (χ1v) is 10.6. The maximum Gasteiger partial charge on any atom is 0.349 e. The van der Waals surface area contributed by atoms with Gasteiger partial charge in [-0.05, 0) is 46.6 Å². The predicted molar refractivity (Wildman–Crippen MR) is 128 cm³/mol. The highest BCUT2D eigenvalue weighted by atomic mass is 79.9. The number of para-hydroxylation sites is 1. The molecule has 1 N–H and O–H groups in total. The summed E-state index contributed by atoms with van der Waals surface area (Å²) in [4.78, 5) is 38.5. The van der Waals surface area contributed by atoms with Gasteiger partial charge in [0.1, 0.15) is 6.61 Å². The van der Waals surface area contributed by atoms with Gasteiger partial charge in [0.15, 0.2) is 0 Å². The summed E-state index contributed by atoms with van der Waals surface area (Å²) < 4.78 is 6.72. The third-order valence-electron chi connectivity index (χ3n) is 4.85. The van der Waals surface area contributed by atoms with E-state index < -0.39 is 16.2 Å². The van der Waals surface area contributed by atoms with Gasteiger partial charge < -0.3 is 9.72 Å². The van der Waals surface area contributed by atoms with Crippen molar-refractivity contribution >= 4 is 38.7 Å². The first-order chi connectivity index (χ1) is 15.8. The van der Waals surface area contributed by atoms with Crippen LogP contribution in [0.1, 0.15) is 16.7 Å². The monoisotopic (exact) mass is 508 g/mol. The molecule has 0 amide bonds. The summed E-state index contributed by atoms with van der Waals surface area (Å²) in [6.45, 7) is 2.11. The second-order valence-corrected chi connectivity index (χ2v) is 8.07. The second kappa shape index (κ2) is 9.21. The van der Waals surface area contributed by atoms with Crippen LogP contribution < -0.4 is 16.0 Å². The van der Waals surface area contributed by atoms with Gasteiger partial charge in [-0.1, -0.05) is 42.0 Å². The largest absolute Gasteiger partial charge is 0.481 e. The van der Waals surface area contributed by atoms with Gasteiger partial charge in [0.05, 0.1) is 26.5 Å². The number of H-pyrrole nitrogens is 1. The average Bonchev–Trinajstić information content (AvgIpc) is 2.79. The zero-order valence-corrected chi connectivity index (χ0v) is 18.9. The molecule has 0 fully saturated rings. The Balaban J connectivity index is 1.67. The zero-order chi connectivity index (χ0) is 23.5. The molecule has 1 aromatic heterocycles. The number of halogens is 1. The summed E-state index contributed by atoms with van der Waals surface area (Å²) in [7, 11) is 0. The molecular weight excluding hydrogens is 492 g/mol. The molecule has 0 aliphatic heterocycles. The van der Waals surface area contributed by atoms with Crippen LogP contribution in [0.4, 0.5) is 5.69 Å². The van der Waals surface area contributed by atoms with Gasteiger partial charge in [0.2, 0.25) is 5.75 Å². The molecule has 0 radical (unpaired) electrons. The minimum atomic E-state index is -0.721. The number of nitrogens with zero attached hydrogens (tertiary/aromatic N) is 3. The summed E-state index contributed by atoms with van der Waals surface area (Å²) in [5.41, 5.74) is 1.06. The van der Waals surface area contributed by atoms with E-state index in [0.717, 1.165) is 11.1 Å². The maximum atomic E-state index is 12.6. The summed E-state index contributed by atoms with van der Waals surface area (Å²) in [6.07, 6.45) is 1.20. The molecule has 4 rings (SSSR count). The minimum absolute atomic E-state index is 0.0680. The molecule has 0 aliphatic carbocycles. The molecule has 0 aliphatic rings. The van der Waals surface area contributed by atoms with Crippen molar-refractivity contribution in [1.29, 1.82) is 0 Å². The molecule has 0 saturated carbocycles. The summed E-state index contributed by atoms with van der Waals surface area (Å²) in [6, 6.07) is 17.0. The molecule has 0 bridgehead atoms. The highest BCUT2D eigenvalue weighted by Gasteiger charge is 2.20. The molecule has 1 heterocycles. The van der Waals surface area contributed by atoms with E-state index >= 15 is 0 Å². The molecule has 33 heavy (non-hydrogen) atoms. The minimum Gasteiger partial charge on any atom is -0.481 e. The molecular formula is C23H17BrN4O5. The lowest BCUT2D eigenvalue weighted by Crippen LogP contribution is -2.32. The molecule has 166 valence electrons. The van der Waals surface area contributed by atoms with E-state index in [2.05, 4.69) is 26.0 Å². The molecule has 0 atom stereocenters. The van der Waals surface area contributed by atoms with Gasteiger partial charge in [-0.15, -0.1) is 4.68 Å². The number of aromatic nitrogens is 2. The smallest absolute Gasteiger partial charge is 0.349 e. The van der Waals surface area contributed by atoms with Crippen LogP contribution in [0.15, 0.2) is 79.8 Å². The maximum absolute atomic E-state index is 12.6. The van der Waals surface area contributed by atoms with Gasteiger partial charge in [-0.2, -0.15) is 5.10 Å². The Morgan fingerprint density at radius 2 is 1.88 bits per heavy atom. The number of nitro groups is 1. The molecule has 9 nitrogen and oxygen atoms in total. The number of nitro benzene ring substituents is 1. The second-order valence-electron chi connectivity index (χ2n) is 7.22. The molecule has 10 heteroatoms. The Kier molecular flexibility index (Phi) is 6.18. The van der Waals surface area contributed by atoms with E-state index in [9.17, 15) is 19.7 Å². The SMILES string of the molecule is Cc1ccc(COc2c(Br)cc(C=Nn3c(=O)[nH]c4ccccc4c3=O)cc2[N+](=O)[O-])cc1. The number of rotatable bonds is 6. The van der Waals surface area contributed by atoms with E-state index in [4.69, 9.17) is 4.74 Å². The average molecular weight is 509 g/mol. The number of nitrogens with one attached hydrogen (secondary N) is 1. The summed E-state index contributed by atoms with van der Waals surface area (Å²) in [5.74, 6) is 0.0680. The van der Waals surface area contributed by atoms with E-state index in [1.54, 1.807) is 30.3 Å². The van der Waals surface area contributed by atoms with Crippen molar-refractivity contribution in [2.24, 2.45) is 5.10 Å². The van der Waals surface area contributed by atoms with E-state index in [1.165, 1.54) is 12.3 Å². The first-order valence-electron chi connectivity index (χ1n) is 9.78. The third-order valence-corrected chi connectivity index (χ3v) is 5.44. The highest BCUT2D eigenvalue weighted by molar-refractivity contribution is 9.10. The normalized spacial score (nSPS) is 11.2. The predicted octanol–water partition coefficient (Wildman–Crippen LogP) is 4.13. The molecule has 3 aromatic carbocycles. The number of fused-ring (bicyclic) bond motifs is 1. The fourth-order valence-electron chi connectivity index (χ4n) is 3.17. The topological polar surface area (TPSA) is 120 Å². The summed E-state index contributed by atoms with van der Waals surface area (Å²) in [5, 5.41) is 15.9. The van der Waals surface area contributed by atoms with Gasteiger partial charge in [-0.3, -0.25) is 14.9 Å². The van der Waals surface area contributed by atoms with Crippen molar-refractivity contribution < 1.29 is 9.66 Å². The number of ether oxygens (including phenoxy) is 1. The van der Waals surface area contributed by atoms with Crippen LogP contribution in [0.5, 0.6) is 5.75 Å². The Morgan fingerprint density at radius 1 is 1.15 bits per heavy atom. The first kappa shape index (κ1) is 22.2. The van der Waals surface area contributed by atoms with E-state index in [1.807, 2.05) is 31.2 Å². The van der Waals surface area contributed by atoms with Crippen LogP contribution in [-0.4, -0.2) is 20.8 Å². The fourth-order valence-corrected chi connectivity index (χ4v) is 3.76. The van der Waals surface area contributed by atoms with Crippen molar-refractivity contribution in [3.05, 3.63) is 113 Å². The number of aryl methyl sites for hydroxylation is 1. The lowest BCUT2D eigenvalue weighted by atomic mass is 10.1. The van der Waals surface area contributed by atoms with Crippen molar-refractivity contribution in [2.45, 2.75) is 13.5 Å². The van der Waals surface area contributed by atoms with Crippen molar-refractivity contribution in [3.8, 4) is 5.75 Å². The molecule has 0 unspecified atom stereocenters. The van der Waals surface area contributed by atoms with Crippen LogP contribution >= 0.6 is 15.9 Å². The van der Waals surface area contributed by atoms with Crippen LogP contribution in [0.3, 0.4) is 0 Å². The van der Waals surface area contributed by atoms with Gasteiger partial charge in [0, 0.05) is 11.6 Å². The fraction of sp³-hybridized carbons (Fsp3) is 0.0870.